The van der Waals surface area contributed by atoms with Crippen molar-refractivity contribution in [2.75, 3.05) is 37.6 Å². The Morgan fingerprint density at radius 1 is 1.25 bits per heavy atom. The van der Waals surface area contributed by atoms with Crippen molar-refractivity contribution in [2.45, 2.75) is 13.0 Å². The highest BCUT2D eigenvalue weighted by Crippen LogP contribution is 2.19. The van der Waals surface area contributed by atoms with Gasteiger partial charge in [-0.3, -0.25) is 9.69 Å². The van der Waals surface area contributed by atoms with Gasteiger partial charge in [0.25, 0.3) is 0 Å². The summed E-state index contributed by atoms with van der Waals surface area (Å²) in [6, 6.07) is 7.58. The van der Waals surface area contributed by atoms with E-state index in [1.165, 1.54) is 0 Å². The molecule has 0 bridgehead atoms. The number of hydrogen-bond donors (Lipinski definition) is 1. The minimum atomic E-state index is 0.0669. The summed E-state index contributed by atoms with van der Waals surface area (Å²) in [5, 5.41) is 6.73. The van der Waals surface area contributed by atoms with E-state index in [4.69, 9.17) is 11.6 Å². The summed E-state index contributed by atoms with van der Waals surface area (Å²) < 4.78 is 0. The molecule has 0 saturated carbocycles. The van der Waals surface area contributed by atoms with E-state index in [1.54, 1.807) is 11.3 Å². The number of carbonyl (C=O) groups is 1. The Morgan fingerprint density at radius 2 is 2.04 bits per heavy atom. The molecule has 128 valence electrons. The van der Waals surface area contributed by atoms with Gasteiger partial charge in [0.05, 0.1) is 0 Å². The molecular weight excluding hydrogens is 344 g/mol. The number of nitrogens with one attached hydrogen (secondary N) is 1. The molecule has 1 fully saturated rings. The van der Waals surface area contributed by atoms with Crippen LogP contribution in [0.1, 0.15) is 12.0 Å². The first-order chi connectivity index (χ1) is 11.7. The van der Waals surface area contributed by atoms with E-state index < -0.39 is 0 Å². The highest BCUT2D eigenvalue weighted by Gasteiger charge is 2.18. The van der Waals surface area contributed by atoms with Crippen LogP contribution in [0.25, 0.3) is 0 Å². The molecule has 24 heavy (non-hydrogen) atoms. The van der Waals surface area contributed by atoms with Crippen LogP contribution >= 0.6 is 22.9 Å². The molecule has 0 aliphatic carbocycles. The van der Waals surface area contributed by atoms with E-state index in [0.717, 1.165) is 43.4 Å². The third kappa shape index (κ3) is 4.69. The molecule has 3 rings (SSSR count). The van der Waals surface area contributed by atoms with Crippen molar-refractivity contribution in [3.05, 3.63) is 46.4 Å². The molecule has 5 nitrogen and oxygen atoms in total. The molecule has 0 radical (unpaired) electrons. The van der Waals surface area contributed by atoms with Gasteiger partial charge in [-0.15, -0.1) is 11.3 Å². The fraction of sp³-hybridized carbons (Fsp3) is 0.412. The molecule has 0 spiro atoms. The highest BCUT2D eigenvalue weighted by atomic mass is 35.5. The summed E-state index contributed by atoms with van der Waals surface area (Å²) in [6.07, 6.45) is 2.36. The standard InChI is InChI=1S/C17H21ClN4OS/c18-15-4-2-1-3-14(15)13-20-16(23)5-7-21-8-10-22(11-9-21)17-19-6-12-24-17/h1-4,6,12H,5,7-11,13H2,(H,20,23). The molecule has 0 atom stereocenters. The van der Waals surface area contributed by atoms with Crippen LogP contribution in [0.3, 0.4) is 0 Å². The zero-order chi connectivity index (χ0) is 16.8. The molecule has 2 aromatic rings. The molecule has 1 aromatic heterocycles. The number of nitrogens with zero attached hydrogens (tertiary/aromatic N) is 3. The topological polar surface area (TPSA) is 48.5 Å². The fourth-order valence-electron chi connectivity index (χ4n) is 2.72. The maximum Gasteiger partial charge on any atom is 0.221 e. The molecule has 1 amide bonds. The van der Waals surface area contributed by atoms with Crippen LogP contribution < -0.4 is 10.2 Å². The predicted molar refractivity (Wildman–Crippen MR) is 98.7 cm³/mol. The number of aromatic nitrogens is 1. The van der Waals surface area contributed by atoms with Crippen LogP contribution in [0.2, 0.25) is 5.02 Å². The number of anilines is 1. The van der Waals surface area contributed by atoms with E-state index in [-0.39, 0.29) is 5.91 Å². The second-order valence-corrected chi connectivity index (χ2v) is 7.04. The first kappa shape index (κ1) is 17.2. The number of hydrogen-bond acceptors (Lipinski definition) is 5. The van der Waals surface area contributed by atoms with Gasteiger partial charge in [-0.1, -0.05) is 29.8 Å². The maximum atomic E-state index is 12.0. The summed E-state index contributed by atoms with van der Waals surface area (Å²) in [7, 11) is 0. The van der Waals surface area contributed by atoms with E-state index >= 15 is 0 Å². The molecule has 7 heteroatoms. The fourth-order valence-corrected chi connectivity index (χ4v) is 3.62. The average Bonchev–Trinajstić information content (AvgIpc) is 3.14. The van der Waals surface area contributed by atoms with Gasteiger partial charge in [-0.25, -0.2) is 4.98 Å². The van der Waals surface area contributed by atoms with Crippen LogP contribution in [0.4, 0.5) is 5.13 Å². The molecule has 2 heterocycles. The molecule has 1 aromatic carbocycles. The lowest BCUT2D eigenvalue weighted by molar-refractivity contribution is -0.121. The number of halogens is 1. The molecule has 1 saturated heterocycles. The Kier molecular flexibility index (Phi) is 6.07. The molecule has 1 aliphatic heterocycles. The van der Waals surface area contributed by atoms with Crippen LogP contribution in [0.15, 0.2) is 35.8 Å². The summed E-state index contributed by atoms with van der Waals surface area (Å²) in [6.45, 7) is 5.15. The van der Waals surface area contributed by atoms with E-state index in [1.807, 2.05) is 35.8 Å². The Morgan fingerprint density at radius 3 is 2.75 bits per heavy atom. The molecule has 0 unspecified atom stereocenters. The lowest BCUT2D eigenvalue weighted by Gasteiger charge is -2.34. The van der Waals surface area contributed by atoms with Crippen molar-refractivity contribution < 1.29 is 4.79 Å². The van der Waals surface area contributed by atoms with E-state index in [2.05, 4.69) is 20.1 Å². The van der Waals surface area contributed by atoms with Crippen LogP contribution in [0, 0.1) is 0 Å². The van der Waals surface area contributed by atoms with Crippen LogP contribution in [-0.4, -0.2) is 48.5 Å². The van der Waals surface area contributed by atoms with Crippen LogP contribution in [0.5, 0.6) is 0 Å². The summed E-state index contributed by atoms with van der Waals surface area (Å²) in [5.41, 5.74) is 0.949. The first-order valence-electron chi connectivity index (χ1n) is 8.09. The van der Waals surface area contributed by atoms with Gasteiger partial charge >= 0.3 is 0 Å². The predicted octanol–water partition coefficient (Wildman–Crippen LogP) is 2.62. The van der Waals surface area contributed by atoms with Gasteiger partial charge < -0.3 is 10.2 Å². The maximum absolute atomic E-state index is 12.0. The lowest BCUT2D eigenvalue weighted by atomic mass is 10.2. The monoisotopic (exact) mass is 364 g/mol. The Balaban J connectivity index is 1.36. The molecular formula is C17H21ClN4OS. The Labute approximate surface area is 151 Å². The SMILES string of the molecule is O=C(CCN1CCN(c2nccs2)CC1)NCc1ccccc1Cl. The second-order valence-electron chi connectivity index (χ2n) is 5.76. The van der Waals surface area contributed by atoms with Gasteiger partial charge in [0.15, 0.2) is 5.13 Å². The van der Waals surface area contributed by atoms with Crippen molar-refractivity contribution in [3.8, 4) is 0 Å². The molecule has 1 aliphatic rings. The zero-order valence-electron chi connectivity index (χ0n) is 13.4. The number of benzene rings is 1. The summed E-state index contributed by atoms with van der Waals surface area (Å²) in [5.74, 6) is 0.0669. The largest absolute Gasteiger partial charge is 0.352 e. The first-order valence-corrected chi connectivity index (χ1v) is 9.35. The third-order valence-corrected chi connectivity index (χ3v) is 5.35. The van der Waals surface area contributed by atoms with E-state index in [9.17, 15) is 4.79 Å². The van der Waals surface area contributed by atoms with Gasteiger partial charge in [0.2, 0.25) is 5.91 Å². The number of amides is 1. The van der Waals surface area contributed by atoms with Crippen molar-refractivity contribution in [1.82, 2.24) is 15.2 Å². The number of rotatable bonds is 6. The quantitative estimate of drug-likeness (QED) is 0.856. The summed E-state index contributed by atoms with van der Waals surface area (Å²) >= 11 is 7.77. The van der Waals surface area contributed by atoms with Crippen molar-refractivity contribution in [3.63, 3.8) is 0 Å². The number of carbonyl (C=O) groups excluding carboxylic acids is 1. The van der Waals surface area contributed by atoms with Gasteiger partial charge in [-0.2, -0.15) is 0 Å². The zero-order valence-corrected chi connectivity index (χ0v) is 15.0. The minimum absolute atomic E-state index is 0.0669. The number of thiazole rings is 1. The van der Waals surface area contributed by atoms with Crippen LogP contribution in [-0.2, 0) is 11.3 Å². The van der Waals surface area contributed by atoms with Crippen molar-refractivity contribution in [2.24, 2.45) is 0 Å². The molecule has 1 N–H and O–H groups in total. The minimum Gasteiger partial charge on any atom is -0.352 e. The average molecular weight is 365 g/mol. The van der Waals surface area contributed by atoms with Crippen molar-refractivity contribution in [1.29, 1.82) is 0 Å². The number of piperazine rings is 1. The van der Waals surface area contributed by atoms with E-state index in [0.29, 0.717) is 18.0 Å². The second kappa shape index (κ2) is 8.46. The summed E-state index contributed by atoms with van der Waals surface area (Å²) in [4.78, 5) is 21.0. The normalized spacial score (nSPS) is 15.5. The van der Waals surface area contributed by atoms with Crippen molar-refractivity contribution >= 4 is 34.0 Å². The van der Waals surface area contributed by atoms with Gasteiger partial charge in [-0.05, 0) is 11.6 Å². The van der Waals surface area contributed by atoms with Gasteiger partial charge in [0.1, 0.15) is 0 Å². The third-order valence-electron chi connectivity index (χ3n) is 4.15. The smallest absolute Gasteiger partial charge is 0.221 e. The Hall–Kier alpha value is -1.63. The Bertz CT molecular complexity index is 656. The van der Waals surface area contributed by atoms with Gasteiger partial charge in [0, 0.05) is 62.3 Å². The highest BCUT2D eigenvalue weighted by molar-refractivity contribution is 7.13. The lowest BCUT2D eigenvalue weighted by Crippen LogP contribution is -2.47.